The van der Waals surface area contributed by atoms with Crippen LogP contribution >= 0.6 is 0 Å². The van der Waals surface area contributed by atoms with Gasteiger partial charge in [-0.25, -0.2) is 0 Å². The third-order valence-electron chi connectivity index (χ3n) is 3.71. The molecule has 0 aromatic heterocycles. The molecular weight excluding hydrogens is 224 g/mol. The summed E-state index contributed by atoms with van der Waals surface area (Å²) in [6, 6.07) is 7.87. The Morgan fingerprint density at radius 1 is 1.39 bits per heavy atom. The zero-order valence-electron chi connectivity index (χ0n) is 11.2. The standard InChI is InChI=1S/C15H22N2O/c1-11-9-13(11)10-17-15(18)14-6-4-3-5-12(14)7-8-16-2/h3-6,11,13,16H,7-10H2,1-2H3,(H,17,18). The van der Waals surface area contributed by atoms with Crippen molar-refractivity contribution in [3.8, 4) is 0 Å². The molecule has 3 nitrogen and oxygen atoms in total. The summed E-state index contributed by atoms with van der Waals surface area (Å²) in [5, 5.41) is 6.17. The lowest BCUT2D eigenvalue weighted by Crippen LogP contribution is -2.27. The average molecular weight is 246 g/mol. The van der Waals surface area contributed by atoms with Gasteiger partial charge in [-0.15, -0.1) is 0 Å². The number of benzene rings is 1. The SMILES string of the molecule is CNCCc1ccccc1C(=O)NCC1CC1C. The van der Waals surface area contributed by atoms with E-state index in [-0.39, 0.29) is 5.91 Å². The first-order valence-electron chi connectivity index (χ1n) is 6.73. The Morgan fingerprint density at radius 3 is 2.78 bits per heavy atom. The van der Waals surface area contributed by atoms with E-state index in [1.54, 1.807) is 0 Å². The van der Waals surface area contributed by atoms with Crippen molar-refractivity contribution in [2.45, 2.75) is 19.8 Å². The number of nitrogens with one attached hydrogen (secondary N) is 2. The quantitative estimate of drug-likeness (QED) is 0.804. The van der Waals surface area contributed by atoms with E-state index in [9.17, 15) is 4.79 Å². The maximum Gasteiger partial charge on any atom is 0.251 e. The monoisotopic (exact) mass is 246 g/mol. The minimum Gasteiger partial charge on any atom is -0.352 e. The molecule has 2 unspecified atom stereocenters. The molecule has 1 aliphatic rings. The van der Waals surface area contributed by atoms with Crippen LogP contribution in [-0.2, 0) is 6.42 Å². The lowest BCUT2D eigenvalue weighted by Gasteiger charge is -2.09. The van der Waals surface area contributed by atoms with Crippen molar-refractivity contribution < 1.29 is 4.79 Å². The summed E-state index contributed by atoms with van der Waals surface area (Å²) in [4.78, 5) is 12.1. The van der Waals surface area contributed by atoms with Gasteiger partial charge in [-0.3, -0.25) is 4.79 Å². The van der Waals surface area contributed by atoms with Gasteiger partial charge in [-0.2, -0.15) is 0 Å². The molecule has 1 saturated carbocycles. The van der Waals surface area contributed by atoms with Gasteiger partial charge in [0.05, 0.1) is 0 Å². The number of likely N-dealkylation sites (N-methyl/N-ethyl adjacent to an activating group) is 1. The lowest BCUT2D eigenvalue weighted by atomic mass is 10.0. The van der Waals surface area contributed by atoms with Crippen LogP contribution in [0.3, 0.4) is 0 Å². The van der Waals surface area contributed by atoms with E-state index in [4.69, 9.17) is 0 Å². The molecule has 1 aliphatic carbocycles. The Labute approximate surface area is 109 Å². The summed E-state index contributed by atoms with van der Waals surface area (Å²) < 4.78 is 0. The molecular formula is C15H22N2O. The van der Waals surface area contributed by atoms with E-state index in [0.717, 1.165) is 36.6 Å². The van der Waals surface area contributed by atoms with E-state index in [0.29, 0.717) is 5.92 Å². The number of hydrogen-bond donors (Lipinski definition) is 2. The van der Waals surface area contributed by atoms with Crippen LogP contribution in [0, 0.1) is 11.8 Å². The van der Waals surface area contributed by atoms with Crippen LogP contribution in [0.15, 0.2) is 24.3 Å². The molecule has 2 N–H and O–H groups in total. The molecule has 0 bridgehead atoms. The van der Waals surface area contributed by atoms with Gasteiger partial charge in [0.15, 0.2) is 0 Å². The number of carbonyl (C=O) groups excluding carboxylic acids is 1. The zero-order valence-corrected chi connectivity index (χ0v) is 11.2. The van der Waals surface area contributed by atoms with Gasteiger partial charge in [-0.05, 0) is 49.9 Å². The third-order valence-corrected chi connectivity index (χ3v) is 3.71. The number of amides is 1. The van der Waals surface area contributed by atoms with Crippen molar-refractivity contribution in [1.82, 2.24) is 10.6 Å². The van der Waals surface area contributed by atoms with Crippen molar-refractivity contribution in [3.05, 3.63) is 35.4 Å². The number of hydrogen-bond acceptors (Lipinski definition) is 2. The van der Waals surface area contributed by atoms with Crippen LogP contribution in [-0.4, -0.2) is 26.0 Å². The molecule has 0 heterocycles. The Bertz CT molecular complexity index is 417. The largest absolute Gasteiger partial charge is 0.352 e. The third kappa shape index (κ3) is 3.33. The highest BCUT2D eigenvalue weighted by molar-refractivity contribution is 5.95. The molecule has 1 fully saturated rings. The Kier molecular flexibility index (Phi) is 4.37. The lowest BCUT2D eigenvalue weighted by molar-refractivity contribution is 0.0950. The van der Waals surface area contributed by atoms with E-state index >= 15 is 0 Å². The normalized spacial score (nSPS) is 21.7. The van der Waals surface area contributed by atoms with Crippen molar-refractivity contribution >= 4 is 5.91 Å². The molecule has 3 heteroatoms. The number of carbonyl (C=O) groups is 1. The van der Waals surface area contributed by atoms with E-state index < -0.39 is 0 Å². The first-order chi connectivity index (χ1) is 8.72. The molecule has 2 rings (SSSR count). The Morgan fingerprint density at radius 2 is 2.11 bits per heavy atom. The van der Waals surface area contributed by atoms with Gasteiger partial charge in [0, 0.05) is 12.1 Å². The van der Waals surface area contributed by atoms with Crippen molar-refractivity contribution in [1.29, 1.82) is 0 Å². The van der Waals surface area contributed by atoms with Crippen molar-refractivity contribution in [2.75, 3.05) is 20.1 Å². The minimum atomic E-state index is 0.0702. The number of rotatable bonds is 6. The fraction of sp³-hybridized carbons (Fsp3) is 0.533. The maximum atomic E-state index is 12.1. The summed E-state index contributed by atoms with van der Waals surface area (Å²) in [7, 11) is 1.93. The van der Waals surface area contributed by atoms with E-state index in [2.05, 4.69) is 17.6 Å². The molecule has 0 radical (unpaired) electrons. The van der Waals surface area contributed by atoms with Crippen LogP contribution in [0.4, 0.5) is 0 Å². The van der Waals surface area contributed by atoms with Crippen LogP contribution in [0.1, 0.15) is 29.3 Å². The van der Waals surface area contributed by atoms with Gasteiger partial charge in [0.2, 0.25) is 0 Å². The Hall–Kier alpha value is -1.35. The summed E-state index contributed by atoms with van der Waals surface area (Å²) in [6.45, 7) is 3.95. The van der Waals surface area contributed by atoms with Crippen molar-refractivity contribution in [3.63, 3.8) is 0 Å². The van der Waals surface area contributed by atoms with Gasteiger partial charge >= 0.3 is 0 Å². The van der Waals surface area contributed by atoms with Crippen LogP contribution in [0.5, 0.6) is 0 Å². The van der Waals surface area contributed by atoms with Crippen LogP contribution in [0.25, 0.3) is 0 Å². The molecule has 0 spiro atoms. The van der Waals surface area contributed by atoms with Gasteiger partial charge in [-0.1, -0.05) is 25.1 Å². The molecule has 1 aromatic carbocycles. The summed E-state index contributed by atoms with van der Waals surface area (Å²) in [5.74, 6) is 1.55. The molecule has 0 aliphatic heterocycles. The first kappa shape index (κ1) is 13.1. The second-order valence-corrected chi connectivity index (χ2v) is 5.19. The van der Waals surface area contributed by atoms with Crippen molar-refractivity contribution in [2.24, 2.45) is 11.8 Å². The topological polar surface area (TPSA) is 41.1 Å². The van der Waals surface area contributed by atoms with E-state index in [1.807, 2.05) is 31.3 Å². The smallest absolute Gasteiger partial charge is 0.251 e. The van der Waals surface area contributed by atoms with Crippen LogP contribution < -0.4 is 10.6 Å². The fourth-order valence-corrected chi connectivity index (χ4v) is 2.22. The molecule has 1 aromatic rings. The van der Waals surface area contributed by atoms with Gasteiger partial charge < -0.3 is 10.6 Å². The highest BCUT2D eigenvalue weighted by Gasteiger charge is 2.32. The van der Waals surface area contributed by atoms with Crippen LogP contribution in [0.2, 0.25) is 0 Å². The summed E-state index contributed by atoms with van der Waals surface area (Å²) in [5.41, 5.74) is 1.94. The second kappa shape index (κ2) is 6.01. The van der Waals surface area contributed by atoms with E-state index in [1.165, 1.54) is 6.42 Å². The average Bonchev–Trinajstić information content (AvgIpc) is 3.10. The second-order valence-electron chi connectivity index (χ2n) is 5.19. The fourth-order valence-electron chi connectivity index (χ4n) is 2.22. The molecule has 2 atom stereocenters. The minimum absolute atomic E-state index is 0.0702. The summed E-state index contributed by atoms with van der Waals surface area (Å²) in [6.07, 6.45) is 2.14. The first-order valence-corrected chi connectivity index (χ1v) is 6.73. The molecule has 98 valence electrons. The molecule has 0 saturated heterocycles. The predicted molar refractivity (Wildman–Crippen MR) is 73.7 cm³/mol. The van der Waals surface area contributed by atoms with Gasteiger partial charge in [0.1, 0.15) is 0 Å². The molecule has 1 amide bonds. The maximum absolute atomic E-state index is 12.1. The van der Waals surface area contributed by atoms with Gasteiger partial charge in [0.25, 0.3) is 5.91 Å². The summed E-state index contributed by atoms with van der Waals surface area (Å²) >= 11 is 0. The zero-order chi connectivity index (χ0) is 13.0. The highest BCUT2D eigenvalue weighted by atomic mass is 16.1. The predicted octanol–water partition coefficient (Wildman–Crippen LogP) is 1.83. The highest BCUT2D eigenvalue weighted by Crippen LogP contribution is 2.36. The molecule has 18 heavy (non-hydrogen) atoms. The Balaban J connectivity index is 1.95.